The van der Waals surface area contributed by atoms with Crippen LogP contribution in [0.4, 0.5) is 17.1 Å². The van der Waals surface area contributed by atoms with Crippen molar-refractivity contribution in [2.45, 2.75) is 6.42 Å². The van der Waals surface area contributed by atoms with Crippen LogP contribution in [0.15, 0.2) is 42.5 Å². The summed E-state index contributed by atoms with van der Waals surface area (Å²) in [6, 6.07) is 13.3. The molecule has 8 heteroatoms. The topological polar surface area (TPSA) is 108 Å². The molecule has 138 valence electrons. The van der Waals surface area contributed by atoms with Gasteiger partial charge in [-0.3, -0.25) is 14.9 Å². The number of nitro benzene ring substituents is 1. The molecule has 1 fully saturated rings. The van der Waals surface area contributed by atoms with Gasteiger partial charge in [0, 0.05) is 30.9 Å². The highest BCUT2D eigenvalue weighted by molar-refractivity contribution is 6.08. The van der Waals surface area contributed by atoms with Crippen molar-refractivity contribution in [3.05, 3.63) is 63.7 Å². The van der Waals surface area contributed by atoms with E-state index in [1.54, 1.807) is 30.3 Å². The van der Waals surface area contributed by atoms with E-state index in [9.17, 15) is 14.9 Å². The monoisotopic (exact) mass is 366 g/mol. The van der Waals surface area contributed by atoms with Gasteiger partial charge in [-0.25, -0.2) is 0 Å². The summed E-state index contributed by atoms with van der Waals surface area (Å²) in [5.41, 5.74) is 2.15. The second-order valence-corrected chi connectivity index (χ2v) is 6.04. The lowest BCUT2D eigenvalue weighted by Crippen LogP contribution is -2.37. The van der Waals surface area contributed by atoms with E-state index in [0.717, 1.165) is 5.56 Å². The summed E-state index contributed by atoms with van der Waals surface area (Å²) in [7, 11) is 0. The van der Waals surface area contributed by atoms with Gasteiger partial charge < -0.3 is 15.0 Å². The van der Waals surface area contributed by atoms with Crippen LogP contribution in [0.3, 0.4) is 0 Å². The number of nitrogens with zero attached hydrogens (tertiary/aromatic N) is 3. The SMILES string of the molecule is N#CCc1ccc(NC(=O)c2cc([N+](=O)[O-])ccc2N2CCOCC2)cc1. The molecule has 1 amide bonds. The maximum atomic E-state index is 12.8. The van der Waals surface area contributed by atoms with Crippen molar-refractivity contribution in [2.24, 2.45) is 0 Å². The lowest BCUT2D eigenvalue weighted by Gasteiger charge is -2.30. The number of amides is 1. The minimum absolute atomic E-state index is 0.137. The summed E-state index contributed by atoms with van der Waals surface area (Å²) >= 11 is 0. The molecule has 1 aliphatic rings. The normalized spacial score (nSPS) is 13.7. The Labute approximate surface area is 156 Å². The second kappa shape index (κ2) is 8.29. The molecule has 1 N–H and O–H groups in total. The summed E-state index contributed by atoms with van der Waals surface area (Å²) in [6.45, 7) is 2.30. The lowest BCUT2D eigenvalue weighted by atomic mass is 10.1. The summed E-state index contributed by atoms with van der Waals surface area (Å²) in [5.74, 6) is -0.423. The molecule has 27 heavy (non-hydrogen) atoms. The minimum Gasteiger partial charge on any atom is -0.378 e. The number of rotatable bonds is 5. The van der Waals surface area contributed by atoms with Crippen LogP contribution in [0, 0.1) is 21.4 Å². The van der Waals surface area contributed by atoms with Crippen LogP contribution >= 0.6 is 0 Å². The van der Waals surface area contributed by atoms with Gasteiger partial charge in [-0.15, -0.1) is 0 Å². The van der Waals surface area contributed by atoms with E-state index in [0.29, 0.717) is 44.1 Å². The Morgan fingerprint density at radius 3 is 2.56 bits per heavy atom. The molecule has 1 saturated heterocycles. The van der Waals surface area contributed by atoms with Gasteiger partial charge in [-0.1, -0.05) is 12.1 Å². The molecule has 0 radical (unpaired) electrons. The average molecular weight is 366 g/mol. The molecule has 0 aliphatic carbocycles. The number of ether oxygens (including phenoxy) is 1. The zero-order valence-corrected chi connectivity index (χ0v) is 14.6. The third-order valence-electron chi connectivity index (χ3n) is 4.28. The molecule has 8 nitrogen and oxygen atoms in total. The fourth-order valence-corrected chi connectivity index (χ4v) is 2.90. The van der Waals surface area contributed by atoms with Gasteiger partial charge in [0.15, 0.2) is 0 Å². The highest BCUT2D eigenvalue weighted by atomic mass is 16.6. The highest BCUT2D eigenvalue weighted by Crippen LogP contribution is 2.27. The van der Waals surface area contributed by atoms with Crippen molar-refractivity contribution in [2.75, 3.05) is 36.5 Å². The molecule has 2 aromatic carbocycles. The first-order chi connectivity index (χ1) is 13.1. The van der Waals surface area contributed by atoms with Crippen LogP contribution in [0.1, 0.15) is 15.9 Å². The first-order valence-corrected chi connectivity index (χ1v) is 8.47. The number of benzene rings is 2. The second-order valence-electron chi connectivity index (χ2n) is 6.04. The minimum atomic E-state index is -0.517. The van der Waals surface area contributed by atoms with E-state index in [2.05, 4.69) is 11.4 Å². The molecule has 1 heterocycles. The van der Waals surface area contributed by atoms with E-state index in [1.807, 2.05) is 4.90 Å². The van der Waals surface area contributed by atoms with E-state index in [1.165, 1.54) is 12.1 Å². The number of carbonyl (C=O) groups excluding carboxylic acids is 1. The average Bonchev–Trinajstić information content (AvgIpc) is 2.70. The molecular weight excluding hydrogens is 348 g/mol. The van der Waals surface area contributed by atoms with Gasteiger partial charge in [-0.05, 0) is 23.8 Å². The third-order valence-corrected chi connectivity index (χ3v) is 4.28. The third kappa shape index (κ3) is 4.40. The largest absolute Gasteiger partial charge is 0.378 e. The van der Waals surface area contributed by atoms with Crippen LogP contribution in [0.25, 0.3) is 0 Å². The summed E-state index contributed by atoms with van der Waals surface area (Å²) in [5, 5.41) is 22.6. The molecular formula is C19H18N4O4. The fourth-order valence-electron chi connectivity index (χ4n) is 2.90. The number of nitro groups is 1. The van der Waals surface area contributed by atoms with Gasteiger partial charge in [0.05, 0.1) is 41.9 Å². The van der Waals surface area contributed by atoms with E-state index < -0.39 is 10.8 Å². The van der Waals surface area contributed by atoms with Crippen LogP contribution < -0.4 is 10.2 Å². The summed E-state index contributed by atoms with van der Waals surface area (Å²) in [6.07, 6.45) is 0.292. The first-order valence-electron chi connectivity index (χ1n) is 8.47. The van der Waals surface area contributed by atoms with Gasteiger partial charge in [0.25, 0.3) is 11.6 Å². The quantitative estimate of drug-likeness (QED) is 0.644. The summed E-state index contributed by atoms with van der Waals surface area (Å²) < 4.78 is 5.34. The van der Waals surface area contributed by atoms with E-state index >= 15 is 0 Å². The van der Waals surface area contributed by atoms with Crippen molar-refractivity contribution in [3.8, 4) is 6.07 Å². The zero-order valence-electron chi connectivity index (χ0n) is 14.6. The lowest BCUT2D eigenvalue weighted by molar-refractivity contribution is -0.384. The predicted molar refractivity (Wildman–Crippen MR) is 99.8 cm³/mol. The van der Waals surface area contributed by atoms with Crippen molar-refractivity contribution >= 4 is 23.0 Å². The molecule has 0 aromatic heterocycles. The van der Waals surface area contributed by atoms with Gasteiger partial charge in [-0.2, -0.15) is 5.26 Å². The Kier molecular flexibility index (Phi) is 5.64. The number of nitriles is 1. The smallest absolute Gasteiger partial charge is 0.270 e. The molecule has 0 unspecified atom stereocenters. The van der Waals surface area contributed by atoms with Crippen molar-refractivity contribution < 1.29 is 14.5 Å². The van der Waals surface area contributed by atoms with Crippen molar-refractivity contribution in [1.82, 2.24) is 0 Å². The van der Waals surface area contributed by atoms with Crippen molar-refractivity contribution in [3.63, 3.8) is 0 Å². The van der Waals surface area contributed by atoms with Crippen LogP contribution in [0.2, 0.25) is 0 Å². The maximum Gasteiger partial charge on any atom is 0.270 e. The number of carbonyl (C=O) groups is 1. The molecule has 0 saturated carbocycles. The van der Waals surface area contributed by atoms with Crippen molar-refractivity contribution in [1.29, 1.82) is 5.26 Å². The number of anilines is 2. The summed E-state index contributed by atoms with van der Waals surface area (Å²) in [4.78, 5) is 25.4. The first kappa shape index (κ1) is 18.4. The highest BCUT2D eigenvalue weighted by Gasteiger charge is 2.22. The fraction of sp³-hybridized carbons (Fsp3) is 0.263. The number of morpholine rings is 1. The number of non-ortho nitro benzene ring substituents is 1. The van der Waals surface area contributed by atoms with Gasteiger partial charge in [0.2, 0.25) is 0 Å². The Bertz CT molecular complexity index is 884. The van der Waals surface area contributed by atoms with Crippen LogP contribution in [0.5, 0.6) is 0 Å². The van der Waals surface area contributed by atoms with Crippen LogP contribution in [-0.2, 0) is 11.2 Å². The molecule has 0 atom stereocenters. The maximum absolute atomic E-state index is 12.8. The Morgan fingerprint density at radius 2 is 1.93 bits per heavy atom. The van der Waals surface area contributed by atoms with Crippen LogP contribution in [-0.4, -0.2) is 37.1 Å². The Morgan fingerprint density at radius 1 is 1.22 bits per heavy atom. The molecule has 0 bridgehead atoms. The van der Waals surface area contributed by atoms with Gasteiger partial charge >= 0.3 is 0 Å². The Balaban J connectivity index is 1.87. The Hall–Kier alpha value is -3.44. The van der Waals surface area contributed by atoms with E-state index in [4.69, 9.17) is 10.00 Å². The molecule has 2 aromatic rings. The predicted octanol–water partition coefficient (Wildman–Crippen LogP) is 2.75. The standard InChI is InChI=1S/C19H18N4O4/c20-8-7-14-1-3-15(4-2-14)21-19(24)17-13-16(23(25)26)5-6-18(17)22-9-11-27-12-10-22/h1-6,13H,7,9-12H2,(H,21,24). The molecule has 1 aliphatic heterocycles. The van der Waals surface area contributed by atoms with Gasteiger partial charge in [0.1, 0.15) is 0 Å². The number of hydrogen-bond acceptors (Lipinski definition) is 6. The number of nitrogens with one attached hydrogen (secondary N) is 1. The molecule has 3 rings (SSSR count). The van der Waals surface area contributed by atoms with E-state index in [-0.39, 0.29) is 11.3 Å². The zero-order chi connectivity index (χ0) is 19.2. The number of hydrogen-bond donors (Lipinski definition) is 1. The molecule has 0 spiro atoms.